The SMILES string of the molecule is Cc1ccsc1-c1nc(N2CCOCC2)c2nc(CN(C)c3ncc(C(=O)ON)cn3)n(C)c2n1. The van der Waals surface area contributed by atoms with E-state index in [-0.39, 0.29) is 5.56 Å². The molecule has 0 aliphatic carbocycles. The van der Waals surface area contributed by atoms with E-state index in [1.165, 1.54) is 12.4 Å². The first-order chi connectivity index (χ1) is 17.0. The maximum absolute atomic E-state index is 11.5. The predicted molar refractivity (Wildman–Crippen MR) is 131 cm³/mol. The summed E-state index contributed by atoms with van der Waals surface area (Å²) in [5.41, 5.74) is 2.82. The maximum Gasteiger partial charge on any atom is 0.359 e. The van der Waals surface area contributed by atoms with Gasteiger partial charge in [-0.15, -0.1) is 11.3 Å². The van der Waals surface area contributed by atoms with E-state index in [1.54, 1.807) is 11.3 Å². The Morgan fingerprint density at radius 3 is 2.63 bits per heavy atom. The molecule has 0 bridgehead atoms. The molecule has 0 amide bonds. The first-order valence-corrected chi connectivity index (χ1v) is 11.9. The number of thiophene rings is 1. The molecule has 12 nitrogen and oxygen atoms in total. The minimum atomic E-state index is -0.694. The molecule has 0 saturated carbocycles. The van der Waals surface area contributed by atoms with Crippen LogP contribution in [0.25, 0.3) is 21.9 Å². The number of imidazole rings is 1. The number of anilines is 2. The summed E-state index contributed by atoms with van der Waals surface area (Å²) in [6, 6.07) is 2.07. The number of aryl methyl sites for hydroxylation is 2. The highest BCUT2D eigenvalue weighted by molar-refractivity contribution is 7.13. The average molecular weight is 496 g/mol. The van der Waals surface area contributed by atoms with Crippen LogP contribution in [0.3, 0.4) is 0 Å². The molecule has 5 heterocycles. The molecule has 0 aromatic carbocycles. The van der Waals surface area contributed by atoms with Crippen molar-refractivity contribution in [3.05, 3.63) is 40.8 Å². The fourth-order valence-corrected chi connectivity index (χ4v) is 4.77. The molecule has 0 radical (unpaired) electrons. The van der Waals surface area contributed by atoms with Crippen LogP contribution in [0.5, 0.6) is 0 Å². The number of carbonyl (C=O) groups is 1. The maximum atomic E-state index is 11.5. The summed E-state index contributed by atoms with van der Waals surface area (Å²) in [6.45, 7) is 5.26. The zero-order valence-electron chi connectivity index (χ0n) is 19.6. The Hall–Kier alpha value is -3.68. The quantitative estimate of drug-likeness (QED) is 0.391. The van der Waals surface area contributed by atoms with Gasteiger partial charge in [0.1, 0.15) is 5.82 Å². The first kappa shape index (κ1) is 23.1. The van der Waals surface area contributed by atoms with Crippen LogP contribution in [0.15, 0.2) is 23.8 Å². The number of nitrogens with zero attached hydrogens (tertiary/aromatic N) is 8. The molecule has 0 atom stereocenters. The van der Waals surface area contributed by atoms with Gasteiger partial charge >= 0.3 is 5.97 Å². The molecule has 1 fully saturated rings. The molecule has 1 saturated heterocycles. The van der Waals surface area contributed by atoms with E-state index in [9.17, 15) is 4.79 Å². The molecule has 13 heteroatoms. The van der Waals surface area contributed by atoms with Crippen molar-refractivity contribution in [2.75, 3.05) is 43.2 Å². The molecule has 182 valence electrons. The fourth-order valence-electron chi connectivity index (χ4n) is 3.91. The zero-order chi connectivity index (χ0) is 24.5. The van der Waals surface area contributed by atoms with Gasteiger partial charge in [0.2, 0.25) is 5.95 Å². The normalized spacial score (nSPS) is 13.9. The molecule has 1 aliphatic rings. The average Bonchev–Trinajstić information content (AvgIpc) is 3.46. The lowest BCUT2D eigenvalue weighted by Crippen LogP contribution is -2.37. The van der Waals surface area contributed by atoms with E-state index in [0.717, 1.165) is 46.3 Å². The van der Waals surface area contributed by atoms with Crippen molar-refractivity contribution >= 4 is 40.2 Å². The number of hydrogen-bond donors (Lipinski definition) is 1. The molecule has 4 aromatic heterocycles. The Bertz CT molecular complexity index is 1360. The largest absolute Gasteiger partial charge is 0.378 e. The van der Waals surface area contributed by atoms with E-state index in [0.29, 0.717) is 31.5 Å². The third-order valence-electron chi connectivity index (χ3n) is 5.87. The molecule has 35 heavy (non-hydrogen) atoms. The van der Waals surface area contributed by atoms with Crippen molar-refractivity contribution < 1.29 is 14.4 Å². The van der Waals surface area contributed by atoms with Crippen LogP contribution in [-0.2, 0) is 23.2 Å². The Morgan fingerprint density at radius 1 is 1.23 bits per heavy atom. The second kappa shape index (κ2) is 9.52. The van der Waals surface area contributed by atoms with E-state index < -0.39 is 5.97 Å². The standard InChI is InChI=1S/C22H25N9O3S/c1-13-4-9-35-17(13)18-27-19-16(20(28-18)31-5-7-33-8-6-31)26-15(30(19)3)12-29(2)22-24-10-14(11-25-22)21(32)34-23/h4,9-11H,5-8,12,23H2,1-3H3. The fraction of sp³-hybridized carbons (Fsp3) is 0.364. The highest BCUT2D eigenvalue weighted by Crippen LogP contribution is 2.32. The van der Waals surface area contributed by atoms with Crippen molar-refractivity contribution in [3.63, 3.8) is 0 Å². The van der Waals surface area contributed by atoms with Gasteiger partial charge in [0.25, 0.3) is 0 Å². The number of carbonyl (C=O) groups excluding carboxylic acids is 1. The second-order valence-electron chi connectivity index (χ2n) is 8.20. The predicted octanol–water partition coefficient (Wildman–Crippen LogP) is 1.69. The summed E-state index contributed by atoms with van der Waals surface area (Å²) in [5.74, 6) is 6.95. The monoisotopic (exact) mass is 495 g/mol. The van der Waals surface area contributed by atoms with Gasteiger partial charge in [0, 0.05) is 39.6 Å². The molecule has 5 rings (SSSR count). The smallest absolute Gasteiger partial charge is 0.359 e. The van der Waals surface area contributed by atoms with Crippen molar-refractivity contribution in [2.24, 2.45) is 12.9 Å². The summed E-state index contributed by atoms with van der Waals surface area (Å²) in [7, 11) is 3.80. The number of morpholine rings is 1. The lowest BCUT2D eigenvalue weighted by molar-refractivity contribution is 0.0502. The lowest BCUT2D eigenvalue weighted by Gasteiger charge is -2.28. The Morgan fingerprint density at radius 2 is 1.97 bits per heavy atom. The number of fused-ring (bicyclic) bond motifs is 1. The van der Waals surface area contributed by atoms with Crippen molar-refractivity contribution in [1.82, 2.24) is 29.5 Å². The van der Waals surface area contributed by atoms with Gasteiger partial charge in [-0.1, -0.05) is 0 Å². The van der Waals surface area contributed by atoms with Crippen LogP contribution < -0.4 is 15.7 Å². The molecule has 0 spiro atoms. The number of nitrogens with two attached hydrogens (primary N) is 1. The van der Waals surface area contributed by atoms with Gasteiger partial charge in [0.15, 0.2) is 22.8 Å². The van der Waals surface area contributed by atoms with Crippen LogP contribution in [0, 0.1) is 6.92 Å². The summed E-state index contributed by atoms with van der Waals surface area (Å²) in [4.78, 5) is 44.1. The lowest BCUT2D eigenvalue weighted by atomic mass is 10.2. The molecule has 2 N–H and O–H groups in total. The van der Waals surface area contributed by atoms with Gasteiger partial charge in [-0.3, -0.25) is 0 Å². The summed E-state index contributed by atoms with van der Waals surface area (Å²) in [5, 5.41) is 2.05. The van der Waals surface area contributed by atoms with Gasteiger partial charge in [0.05, 0.1) is 30.2 Å². The number of hydrogen-bond acceptors (Lipinski definition) is 12. The van der Waals surface area contributed by atoms with Gasteiger partial charge in [-0.25, -0.2) is 29.7 Å². The molecule has 4 aromatic rings. The van der Waals surface area contributed by atoms with Gasteiger partial charge in [-0.05, 0) is 23.9 Å². The van der Waals surface area contributed by atoms with Crippen LogP contribution in [0.2, 0.25) is 0 Å². The van der Waals surface area contributed by atoms with Crippen molar-refractivity contribution in [3.8, 4) is 10.7 Å². The Labute approximate surface area is 205 Å². The van der Waals surface area contributed by atoms with Crippen LogP contribution in [0.1, 0.15) is 21.7 Å². The Kier molecular flexibility index (Phi) is 6.28. The zero-order valence-corrected chi connectivity index (χ0v) is 20.4. The van der Waals surface area contributed by atoms with E-state index in [1.807, 2.05) is 23.6 Å². The topological polar surface area (TPSA) is 137 Å². The minimum Gasteiger partial charge on any atom is -0.378 e. The van der Waals surface area contributed by atoms with E-state index >= 15 is 0 Å². The van der Waals surface area contributed by atoms with Crippen molar-refractivity contribution in [2.45, 2.75) is 13.5 Å². The highest BCUT2D eigenvalue weighted by atomic mass is 32.1. The molecular formula is C22H25N9O3S. The third-order valence-corrected chi connectivity index (χ3v) is 6.88. The van der Waals surface area contributed by atoms with Crippen LogP contribution >= 0.6 is 11.3 Å². The molecule has 1 aliphatic heterocycles. The van der Waals surface area contributed by atoms with Gasteiger partial charge < -0.3 is 23.9 Å². The Balaban J connectivity index is 1.52. The number of aromatic nitrogens is 6. The van der Waals surface area contributed by atoms with Crippen molar-refractivity contribution in [1.29, 1.82) is 0 Å². The second-order valence-corrected chi connectivity index (χ2v) is 9.11. The van der Waals surface area contributed by atoms with Crippen LogP contribution in [0.4, 0.5) is 11.8 Å². The minimum absolute atomic E-state index is 0.175. The van der Waals surface area contributed by atoms with Gasteiger partial charge in [-0.2, -0.15) is 5.90 Å². The number of ether oxygens (including phenoxy) is 1. The first-order valence-electron chi connectivity index (χ1n) is 11.0. The van der Waals surface area contributed by atoms with E-state index in [2.05, 4.69) is 38.1 Å². The summed E-state index contributed by atoms with van der Waals surface area (Å²) >= 11 is 1.63. The third kappa shape index (κ3) is 4.40. The summed E-state index contributed by atoms with van der Waals surface area (Å²) < 4.78 is 7.53. The highest BCUT2D eigenvalue weighted by Gasteiger charge is 2.24. The van der Waals surface area contributed by atoms with Crippen LogP contribution in [-0.4, -0.2) is 68.8 Å². The van der Waals surface area contributed by atoms with E-state index in [4.69, 9.17) is 25.6 Å². The number of rotatable bonds is 6. The molecule has 0 unspecified atom stereocenters. The molecular weight excluding hydrogens is 470 g/mol. The summed E-state index contributed by atoms with van der Waals surface area (Å²) in [6.07, 6.45) is 2.75.